The van der Waals surface area contributed by atoms with Gasteiger partial charge in [-0.25, -0.2) is 8.78 Å². The number of hydrogen-bond donors (Lipinski definition) is 1. The molecule has 1 saturated heterocycles. The van der Waals surface area contributed by atoms with E-state index in [4.69, 9.17) is 4.74 Å². The quantitative estimate of drug-likeness (QED) is 0.902. The number of aliphatic hydroxyl groups is 1. The second kappa shape index (κ2) is 5.41. The van der Waals surface area contributed by atoms with E-state index in [-0.39, 0.29) is 12.0 Å². The summed E-state index contributed by atoms with van der Waals surface area (Å²) in [5, 5.41) is 10.9. The van der Waals surface area contributed by atoms with Gasteiger partial charge < -0.3 is 9.84 Å². The first-order chi connectivity index (χ1) is 9.59. The van der Waals surface area contributed by atoms with Gasteiger partial charge in [-0.05, 0) is 49.3 Å². The van der Waals surface area contributed by atoms with E-state index in [0.717, 1.165) is 43.7 Å². The zero-order valence-corrected chi connectivity index (χ0v) is 11.4. The SMILES string of the molecule is O[C@]12CCCC[C@@H]1OCC[C@H]2Cc1ccc(F)c(F)c1. The topological polar surface area (TPSA) is 29.5 Å². The molecular weight excluding hydrogens is 262 g/mol. The summed E-state index contributed by atoms with van der Waals surface area (Å²) in [6.45, 7) is 0.640. The predicted molar refractivity (Wildman–Crippen MR) is 71.3 cm³/mol. The number of benzene rings is 1. The van der Waals surface area contributed by atoms with Gasteiger partial charge in [-0.2, -0.15) is 0 Å². The molecule has 2 aliphatic rings. The zero-order valence-electron chi connectivity index (χ0n) is 11.4. The highest BCUT2D eigenvalue weighted by atomic mass is 19.2. The first kappa shape index (κ1) is 14.0. The van der Waals surface area contributed by atoms with Gasteiger partial charge in [0.15, 0.2) is 11.6 Å². The van der Waals surface area contributed by atoms with E-state index < -0.39 is 17.2 Å². The van der Waals surface area contributed by atoms with E-state index in [1.54, 1.807) is 6.07 Å². The average molecular weight is 282 g/mol. The van der Waals surface area contributed by atoms with Crippen LogP contribution < -0.4 is 0 Å². The summed E-state index contributed by atoms with van der Waals surface area (Å²) in [7, 11) is 0. The standard InChI is InChI=1S/C16H20F2O2/c17-13-5-4-11(10-14(13)18)9-12-6-8-20-15-3-1-2-7-16(12,15)19/h4-5,10,12,15,19H,1-3,6-9H2/t12-,15-,16-/m0/s1. The maximum atomic E-state index is 13.3. The number of halogens is 2. The van der Waals surface area contributed by atoms with Crippen molar-refractivity contribution < 1.29 is 18.6 Å². The second-order valence-electron chi connectivity index (χ2n) is 6.03. The Bertz CT molecular complexity index is 489. The summed E-state index contributed by atoms with van der Waals surface area (Å²) >= 11 is 0. The molecule has 110 valence electrons. The van der Waals surface area contributed by atoms with Crippen molar-refractivity contribution in [2.24, 2.45) is 5.92 Å². The van der Waals surface area contributed by atoms with Crippen LogP contribution in [0, 0.1) is 17.6 Å². The van der Waals surface area contributed by atoms with Crippen molar-refractivity contribution >= 4 is 0 Å². The number of rotatable bonds is 2. The normalized spacial score (nSPS) is 33.8. The van der Waals surface area contributed by atoms with E-state index in [1.165, 1.54) is 6.07 Å². The maximum absolute atomic E-state index is 13.3. The first-order valence-electron chi connectivity index (χ1n) is 7.37. The van der Waals surface area contributed by atoms with Crippen LogP contribution >= 0.6 is 0 Å². The Kier molecular flexibility index (Phi) is 3.78. The molecule has 1 aromatic carbocycles. The van der Waals surface area contributed by atoms with E-state index >= 15 is 0 Å². The lowest BCUT2D eigenvalue weighted by atomic mass is 9.69. The summed E-state index contributed by atoms with van der Waals surface area (Å²) < 4.78 is 32.0. The molecule has 0 aromatic heterocycles. The molecule has 0 radical (unpaired) electrons. The molecule has 0 spiro atoms. The van der Waals surface area contributed by atoms with E-state index in [2.05, 4.69) is 0 Å². The van der Waals surface area contributed by atoms with Gasteiger partial charge >= 0.3 is 0 Å². The van der Waals surface area contributed by atoms with E-state index in [1.807, 2.05) is 0 Å². The third-order valence-corrected chi connectivity index (χ3v) is 4.81. The van der Waals surface area contributed by atoms with Gasteiger partial charge in [0.2, 0.25) is 0 Å². The minimum absolute atomic E-state index is 0.0615. The third kappa shape index (κ3) is 2.47. The molecule has 3 rings (SSSR count). The summed E-state index contributed by atoms with van der Waals surface area (Å²) in [5.41, 5.74) is -0.0602. The molecule has 1 heterocycles. The molecule has 0 unspecified atom stereocenters. The van der Waals surface area contributed by atoms with Gasteiger partial charge in [0.1, 0.15) is 0 Å². The smallest absolute Gasteiger partial charge is 0.159 e. The van der Waals surface area contributed by atoms with Gasteiger partial charge in [0.05, 0.1) is 11.7 Å². The summed E-state index contributed by atoms with van der Waals surface area (Å²) in [4.78, 5) is 0. The summed E-state index contributed by atoms with van der Waals surface area (Å²) in [5.74, 6) is -1.58. The minimum Gasteiger partial charge on any atom is -0.387 e. The van der Waals surface area contributed by atoms with Crippen molar-refractivity contribution in [3.8, 4) is 0 Å². The third-order valence-electron chi connectivity index (χ3n) is 4.81. The van der Waals surface area contributed by atoms with Crippen LogP contribution in [0.1, 0.15) is 37.7 Å². The minimum atomic E-state index is -0.824. The van der Waals surface area contributed by atoms with Crippen LogP contribution in [0.3, 0.4) is 0 Å². The molecule has 1 aliphatic carbocycles. The fourth-order valence-electron chi connectivity index (χ4n) is 3.68. The Hall–Kier alpha value is -1.00. The van der Waals surface area contributed by atoms with Crippen molar-refractivity contribution in [2.75, 3.05) is 6.61 Å². The largest absolute Gasteiger partial charge is 0.387 e. The number of hydrogen-bond acceptors (Lipinski definition) is 2. The Morgan fingerprint density at radius 1 is 1.20 bits per heavy atom. The van der Waals surface area contributed by atoms with Gasteiger partial charge in [-0.1, -0.05) is 18.9 Å². The summed E-state index contributed by atoms with van der Waals surface area (Å²) in [6, 6.07) is 4.01. The summed E-state index contributed by atoms with van der Waals surface area (Å²) in [6.07, 6.45) is 4.98. The van der Waals surface area contributed by atoms with Gasteiger partial charge in [0, 0.05) is 6.61 Å². The van der Waals surface area contributed by atoms with Crippen LogP contribution in [-0.2, 0) is 11.2 Å². The molecule has 1 aromatic rings. The second-order valence-corrected chi connectivity index (χ2v) is 6.03. The molecule has 2 nitrogen and oxygen atoms in total. The van der Waals surface area contributed by atoms with Crippen molar-refractivity contribution in [3.05, 3.63) is 35.4 Å². The van der Waals surface area contributed by atoms with Gasteiger partial charge in [0.25, 0.3) is 0 Å². The molecule has 3 atom stereocenters. The van der Waals surface area contributed by atoms with E-state index in [0.29, 0.717) is 13.0 Å². The average Bonchev–Trinajstić information content (AvgIpc) is 2.43. The van der Waals surface area contributed by atoms with Gasteiger partial charge in [-0.3, -0.25) is 0 Å². The Balaban J connectivity index is 1.79. The Labute approximate surface area is 117 Å². The molecule has 1 N–H and O–H groups in total. The van der Waals surface area contributed by atoms with Crippen LogP contribution in [-0.4, -0.2) is 23.4 Å². The molecule has 0 amide bonds. The number of ether oxygens (including phenoxy) is 1. The fraction of sp³-hybridized carbons (Fsp3) is 0.625. The van der Waals surface area contributed by atoms with Crippen LogP contribution in [0.5, 0.6) is 0 Å². The van der Waals surface area contributed by atoms with Gasteiger partial charge in [-0.15, -0.1) is 0 Å². The number of fused-ring (bicyclic) bond motifs is 1. The molecule has 20 heavy (non-hydrogen) atoms. The lowest BCUT2D eigenvalue weighted by molar-refractivity contribution is -0.194. The van der Waals surface area contributed by atoms with Crippen molar-refractivity contribution in [3.63, 3.8) is 0 Å². The van der Waals surface area contributed by atoms with Crippen molar-refractivity contribution in [1.82, 2.24) is 0 Å². The van der Waals surface area contributed by atoms with Crippen LogP contribution in [0.25, 0.3) is 0 Å². The molecule has 1 aliphatic heterocycles. The molecule has 1 saturated carbocycles. The molecule has 0 bridgehead atoms. The first-order valence-corrected chi connectivity index (χ1v) is 7.37. The van der Waals surface area contributed by atoms with E-state index in [9.17, 15) is 13.9 Å². The maximum Gasteiger partial charge on any atom is 0.159 e. The van der Waals surface area contributed by atoms with Crippen LogP contribution in [0.15, 0.2) is 18.2 Å². The lowest BCUT2D eigenvalue weighted by Gasteiger charge is -2.48. The molecule has 2 fully saturated rings. The van der Waals surface area contributed by atoms with Crippen LogP contribution in [0.4, 0.5) is 8.78 Å². The highest BCUT2D eigenvalue weighted by Crippen LogP contribution is 2.42. The van der Waals surface area contributed by atoms with Crippen molar-refractivity contribution in [2.45, 2.75) is 50.2 Å². The lowest BCUT2D eigenvalue weighted by Crippen LogP contribution is -2.56. The van der Waals surface area contributed by atoms with Crippen LogP contribution in [0.2, 0.25) is 0 Å². The highest BCUT2D eigenvalue weighted by Gasteiger charge is 2.48. The molecule has 4 heteroatoms. The monoisotopic (exact) mass is 282 g/mol. The zero-order chi connectivity index (χ0) is 14.2. The Morgan fingerprint density at radius 3 is 2.85 bits per heavy atom. The molecular formula is C16H20F2O2. The predicted octanol–water partition coefficient (Wildman–Crippen LogP) is 3.22. The fourth-order valence-corrected chi connectivity index (χ4v) is 3.68. The highest BCUT2D eigenvalue weighted by molar-refractivity contribution is 5.19. The van der Waals surface area contributed by atoms with Crippen molar-refractivity contribution in [1.29, 1.82) is 0 Å². The Morgan fingerprint density at radius 2 is 2.05 bits per heavy atom.